The van der Waals surface area contributed by atoms with Crippen LogP contribution in [0.5, 0.6) is 11.5 Å². The highest BCUT2D eigenvalue weighted by atomic mass is 16.6. The quantitative estimate of drug-likeness (QED) is 0.865. The lowest BCUT2D eigenvalue weighted by Crippen LogP contribution is -2.33. The van der Waals surface area contributed by atoms with Crippen LogP contribution in [0.2, 0.25) is 0 Å². The van der Waals surface area contributed by atoms with Crippen molar-refractivity contribution >= 4 is 5.91 Å². The summed E-state index contributed by atoms with van der Waals surface area (Å²) in [6.45, 7) is 3.49. The molecular weight excluding hydrogens is 282 g/mol. The van der Waals surface area contributed by atoms with Crippen LogP contribution in [-0.2, 0) is 11.3 Å². The second kappa shape index (κ2) is 6.09. The number of carbonyl (C=O) groups is 1. The van der Waals surface area contributed by atoms with Gasteiger partial charge in [-0.1, -0.05) is 6.07 Å². The van der Waals surface area contributed by atoms with E-state index in [1.807, 2.05) is 31.2 Å². The molecule has 0 bridgehead atoms. The standard InChI is InChI=1S/C16H19N3O3/c1-12(19-7-3-6-17-19)16(20)18(2)11-13-4-5-14-15(10-13)22-9-8-21-14/h3-7,10,12H,8-9,11H2,1-2H3/t12-/m0/s1. The largest absolute Gasteiger partial charge is 0.486 e. The van der Waals surface area contributed by atoms with Crippen molar-refractivity contribution in [2.45, 2.75) is 19.5 Å². The molecule has 116 valence electrons. The van der Waals surface area contributed by atoms with Crippen molar-refractivity contribution in [1.82, 2.24) is 14.7 Å². The fourth-order valence-corrected chi connectivity index (χ4v) is 2.48. The normalized spacial score (nSPS) is 14.5. The van der Waals surface area contributed by atoms with Crippen LogP contribution in [-0.4, -0.2) is 40.8 Å². The Kier molecular flexibility index (Phi) is 4.00. The molecule has 0 saturated heterocycles. The maximum Gasteiger partial charge on any atom is 0.247 e. The predicted octanol–water partition coefficient (Wildman–Crippen LogP) is 1.87. The van der Waals surface area contributed by atoms with Gasteiger partial charge in [-0.05, 0) is 30.7 Å². The van der Waals surface area contributed by atoms with Crippen molar-refractivity contribution in [3.63, 3.8) is 0 Å². The van der Waals surface area contributed by atoms with Gasteiger partial charge >= 0.3 is 0 Å². The molecule has 0 spiro atoms. The lowest BCUT2D eigenvalue weighted by atomic mass is 10.1. The van der Waals surface area contributed by atoms with Crippen molar-refractivity contribution in [1.29, 1.82) is 0 Å². The summed E-state index contributed by atoms with van der Waals surface area (Å²) in [5, 5.41) is 4.12. The number of likely N-dealkylation sites (N-methyl/N-ethyl adjacent to an activating group) is 1. The Morgan fingerprint density at radius 1 is 1.36 bits per heavy atom. The van der Waals surface area contributed by atoms with Crippen LogP contribution in [0.25, 0.3) is 0 Å². The highest BCUT2D eigenvalue weighted by molar-refractivity contribution is 5.79. The molecule has 2 aromatic rings. The van der Waals surface area contributed by atoms with Gasteiger partial charge in [-0.15, -0.1) is 0 Å². The fraction of sp³-hybridized carbons (Fsp3) is 0.375. The predicted molar refractivity (Wildman–Crippen MR) is 80.8 cm³/mol. The van der Waals surface area contributed by atoms with E-state index in [1.54, 1.807) is 29.0 Å². The number of ether oxygens (including phenoxy) is 2. The monoisotopic (exact) mass is 301 g/mol. The van der Waals surface area contributed by atoms with E-state index < -0.39 is 0 Å². The second-order valence-corrected chi connectivity index (χ2v) is 5.33. The molecule has 0 N–H and O–H groups in total. The van der Waals surface area contributed by atoms with Crippen molar-refractivity contribution in [3.8, 4) is 11.5 Å². The smallest absolute Gasteiger partial charge is 0.247 e. The number of benzene rings is 1. The first-order valence-corrected chi connectivity index (χ1v) is 7.28. The van der Waals surface area contributed by atoms with E-state index in [0.717, 1.165) is 17.1 Å². The zero-order valence-electron chi connectivity index (χ0n) is 12.7. The van der Waals surface area contributed by atoms with Gasteiger partial charge in [0.2, 0.25) is 5.91 Å². The maximum absolute atomic E-state index is 12.4. The van der Waals surface area contributed by atoms with Gasteiger partial charge in [-0.3, -0.25) is 9.48 Å². The summed E-state index contributed by atoms with van der Waals surface area (Å²) in [4.78, 5) is 14.1. The first-order valence-electron chi connectivity index (χ1n) is 7.28. The van der Waals surface area contributed by atoms with E-state index in [0.29, 0.717) is 19.8 Å². The first-order chi connectivity index (χ1) is 10.6. The molecule has 2 heterocycles. The average Bonchev–Trinajstić information content (AvgIpc) is 3.07. The molecule has 1 aliphatic rings. The molecule has 1 aliphatic heterocycles. The van der Waals surface area contributed by atoms with Gasteiger partial charge in [0.15, 0.2) is 11.5 Å². The summed E-state index contributed by atoms with van der Waals surface area (Å²) in [6, 6.07) is 7.26. The van der Waals surface area contributed by atoms with Crippen LogP contribution >= 0.6 is 0 Å². The molecule has 3 rings (SSSR count). The topological polar surface area (TPSA) is 56.6 Å². The summed E-state index contributed by atoms with van der Waals surface area (Å²) < 4.78 is 12.7. The maximum atomic E-state index is 12.4. The van der Waals surface area contributed by atoms with E-state index in [1.165, 1.54) is 0 Å². The molecule has 22 heavy (non-hydrogen) atoms. The van der Waals surface area contributed by atoms with Crippen LogP contribution in [0.4, 0.5) is 0 Å². The van der Waals surface area contributed by atoms with Crippen molar-refractivity contribution < 1.29 is 14.3 Å². The molecule has 6 heteroatoms. The number of aromatic nitrogens is 2. The van der Waals surface area contributed by atoms with Crippen molar-refractivity contribution in [2.75, 3.05) is 20.3 Å². The highest BCUT2D eigenvalue weighted by Crippen LogP contribution is 2.31. The van der Waals surface area contributed by atoms with Gasteiger partial charge in [-0.2, -0.15) is 5.10 Å². The van der Waals surface area contributed by atoms with Crippen LogP contribution in [0.1, 0.15) is 18.5 Å². The van der Waals surface area contributed by atoms with Gasteiger partial charge in [0.25, 0.3) is 0 Å². The average molecular weight is 301 g/mol. The molecule has 0 saturated carbocycles. The van der Waals surface area contributed by atoms with Crippen LogP contribution in [0.15, 0.2) is 36.7 Å². The van der Waals surface area contributed by atoms with Crippen LogP contribution in [0.3, 0.4) is 0 Å². The lowest BCUT2D eigenvalue weighted by Gasteiger charge is -2.23. The van der Waals surface area contributed by atoms with Crippen LogP contribution < -0.4 is 9.47 Å². The molecule has 1 amide bonds. The highest BCUT2D eigenvalue weighted by Gasteiger charge is 2.20. The van der Waals surface area contributed by atoms with E-state index in [9.17, 15) is 4.79 Å². The number of nitrogens with zero attached hydrogens (tertiary/aromatic N) is 3. The number of hydrogen-bond donors (Lipinski definition) is 0. The second-order valence-electron chi connectivity index (χ2n) is 5.33. The molecule has 0 unspecified atom stereocenters. The Bertz CT molecular complexity index is 655. The number of fused-ring (bicyclic) bond motifs is 1. The summed E-state index contributed by atoms with van der Waals surface area (Å²) in [6.07, 6.45) is 3.46. The van der Waals surface area contributed by atoms with E-state index in [2.05, 4.69) is 5.10 Å². The van der Waals surface area contributed by atoms with Gasteiger partial charge in [0.1, 0.15) is 19.3 Å². The molecule has 0 fully saturated rings. The first kappa shape index (κ1) is 14.4. The Labute approximate surface area is 129 Å². The van der Waals surface area contributed by atoms with Gasteiger partial charge < -0.3 is 14.4 Å². The van der Waals surface area contributed by atoms with E-state index >= 15 is 0 Å². The third-order valence-corrected chi connectivity index (χ3v) is 3.68. The third kappa shape index (κ3) is 2.90. The molecule has 1 atom stereocenters. The summed E-state index contributed by atoms with van der Waals surface area (Å²) in [5.41, 5.74) is 1.01. The molecule has 1 aromatic carbocycles. The van der Waals surface area contributed by atoms with E-state index in [-0.39, 0.29) is 11.9 Å². The molecule has 6 nitrogen and oxygen atoms in total. The minimum Gasteiger partial charge on any atom is -0.486 e. The van der Waals surface area contributed by atoms with Gasteiger partial charge in [0, 0.05) is 26.0 Å². The summed E-state index contributed by atoms with van der Waals surface area (Å²) >= 11 is 0. The Hall–Kier alpha value is -2.50. The summed E-state index contributed by atoms with van der Waals surface area (Å²) in [5.74, 6) is 1.51. The zero-order valence-corrected chi connectivity index (χ0v) is 12.7. The molecule has 0 radical (unpaired) electrons. The Morgan fingerprint density at radius 3 is 2.86 bits per heavy atom. The van der Waals surface area contributed by atoms with Gasteiger partial charge in [0.05, 0.1) is 0 Å². The summed E-state index contributed by atoms with van der Waals surface area (Å²) in [7, 11) is 1.79. The van der Waals surface area contributed by atoms with Crippen LogP contribution in [0, 0.1) is 0 Å². The van der Waals surface area contributed by atoms with Crippen molar-refractivity contribution in [3.05, 3.63) is 42.2 Å². The zero-order chi connectivity index (χ0) is 15.5. The minimum atomic E-state index is -0.322. The number of amides is 1. The molecule has 1 aromatic heterocycles. The third-order valence-electron chi connectivity index (χ3n) is 3.68. The van der Waals surface area contributed by atoms with E-state index in [4.69, 9.17) is 9.47 Å². The molecule has 0 aliphatic carbocycles. The lowest BCUT2D eigenvalue weighted by molar-refractivity contribution is -0.133. The number of hydrogen-bond acceptors (Lipinski definition) is 4. The SMILES string of the molecule is C[C@@H](C(=O)N(C)Cc1ccc2c(c1)OCCO2)n1cccn1. The van der Waals surface area contributed by atoms with Crippen molar-refractivity contribution in [2.24, 2.45) is 0 Å². The fourth-order valence-electron chi connectivity index (χ4n) is 2.48. The number of carbonyl (C=O) groups excluding carboxylic acids is 1. The Balaban J connectivity index is 1.68. The van der Waals surface area contributed by atoms with Gasteiger partial charge in [-0.25, -0.2) is 0 Å². The minimum absolute atomic E-state index is 0.0126. The number of rotatable bonds is 4. The molecular formula is C16H19N3O3. The Morgan fingerprint density at radius 2 is 2.14 bits per heavy atom.